The second-order valence-corrected chi connectivity index (χ2v) is 3.91. The van der Waals surface area contributed by atoms with Gasteiger partial charge in [-0.15, -0.1) is 10.2 Å². The lowest BCUT2D eigenvalue weighted by atomic mass is 10.1. The molecule has 17 heavy (non-hydrogen) atoms. The van der Waals surface area contributed by atoms with Crippen LogP contribution in [0.5, 0.6) is 0 Å². The third kappa shape index (κ3) is 1.45. The van der Waals surface area contributed by atoms with Crippen LogP contribution < -0.4 is 5.73 Å². The number of oxazole rings is 1. The minimum Gasteiger partial charge on any atom is -0.424 e. The average Bonchev–Trinajstić information content (AvgIpc) is 2.89. The van der Waals surface area contributed by atoms with Gasteiger partial charge in [-0.3, -0.25) is 0 Å². The predicted octanol–water partition coefficient (Wildman–Crippen LogP) is 2.42. The number of fused-ring (bicyclic) bond motifs is 1. The Labute approximate surface area is 100 Å². The fraction of sp³-hybridized carbons (Fsp3) is 0.100. The Balaban J connectivity index is 2.45. The maximum absolute atomic E-state index is 6.10. The van der Waals surface area contributed by atoms with Gasteiger partial charge in [0.2, 0.25) is 12.3 Å². The third-order valence-corrected chi connectivity index (χ3v) is 2.86. The Hall–Kier alpha value is -2.08. The molecule has 0 amide bonds. The number of nitrogen functional groups attached to an aromatic ring is 1. The van der Waals surface area contributed by atoms with E-state index in [1.165, 1.54) is 6.39 Å². The first-order valence-corrected chi connectivity index (χ1v) is 5.16. The largest absolute Gasteiger partial charge is 0.424 e. The Morgan fingerprint density at radius 3 is 2.94 bits per heavy atom. The van der Waals surface area contributed by atoms with Crippen molar-refractivity contribution >= 4 is 28.7 Å². The van der Waals surface area contributed by atoms with Crippen LogP contribution in [0.1, 0.15) is 5.56 Å². The van der Waals surface area contributed by atoms with Crippen molar-refractivity contribution in [2.45, 2.75) is 6.92 Å². The minimum atomic E-state index is 0.0717. The van der Waals surface area contributed by atoms with E-state index in [2.05, 4.69) is 15.2 Å². The van der Waals surface area contributed by atoms with Crippen LogP contribution in [0.15, 0.2) is 21.3 Å². The van der Waals surface area contributed by atoms with Crippen molar-refractivity contribution < 1.29 is 8.83 Å². The summed E-state index contributed by atoms with van der Waals surface area (Å²) in [4.78, 5) is 4.10. The fourth-order valence-electron chi connectivity index (χ4n) is 1.69. The molecule has 6 nitrogen and oxygen atoms in total. The number of halogens is 1. The smallest absolute Gasteiger partial charge is 0.293 e. The van der Waals surface area contributed by atoms with Crippen LogP contribution in [0.3, 0.4) is 0 Å². The normalized spacial score (nSPS) is 11.2. The molecule has 2 N–H and O–H groups in total. The summed E-state index contributed by atoms with van der Waals surface area (Å²) in [6.07, 6.45) is 1.24. The van der Waals surface area contributed by atoms with E-state index in [0.29, 0.717) is 27.6 Å². The summed E-state index contributed by atoms with van der Waals surface area (Å²) >= 11 is 6.10. The SMILES string of the molecule is Cc1c(Cl)cc2oc(N)nc2c1-c1nnco1. The Kier molecular flexibility index (Phi) is 2.05. The second-order valence-electron chi connectivity index (χ2n) is 3.50. The van der Waals surface area contributed by atoms with E-state index < -0.39 is 0 Å². The number of rotatable bonds is 1. The molecular weight excluding hydrogens is 244 g/mol. The van der Waals surface area contributed by atoms with Crippen molar-refractivity contribution in [2.75, 3.05) is 5.73 Å². The highest BCUT2D eigenvalue weighted by Gasteiger charge is 2.19. The Morgan fingerprint density at radius 2 is 2.24 bits per heavy atom. The van der Waals surface area contributed by atoms with Gasteiger partial charge in [0.05, 0.1) is 5.56 Å². The highest BCUT2D eigenvalue weighted by molar-refractivity contribution is 6.32. The summed E-state index contributed by atoms with van der Waals surface area (Å²) in [6, 6.07) is 1.73. The summed E-state index contributed by atoms with van der Waals surface area (Å²) in [6.45, 7) is 1.84. The number of nitrogens with two attached hydrogens (primary N) is 1. The first-order chi connectivity index (χ1) is 8.16. The Bertz CT molecular complexity index is 690. The van der Waals surface area contributed by atoms with Crippen molar-refractivity contribution in [1.82, 2.24) is 15.2 Å². The van der Waals surface area contributed by atoms with Gasteiger partial charge in [0.15, 0.2) is 5.58 Å². The van der Waals surface area contributed by atoms with E-state index in [1.54, 1.807) is 6.07 Å². The van der Waals surface area contributed by atoms with E-state index in [-0.39, 0.29) is 6.01 Å². The molecule has 0 aliphatic carbocycles. The zero-order valence-corrected chi connectivity index (χ0v) is 9.52. The first-order valence-electron chi connectivity index (χ1n) is 4.78. The maximum Gasteiger partial charge on any atom is 0.293 e. The monoisotopic (exact) mass is 250 g/mol. The van der Waals surface area contributed by atoms with Crippen LogP contribution in [0.2, 0.25) is 5.02 Å². The highest BCUT2D eigenvalue weighted by Crippen LogP contribution is 2.35. The first kappa shape index (κ1) is 10.1. The predicted molar refractivity (Wildman–Crippen MR) is 61.5 cm³/mol. The number of nitrogens with zero attached hydrogens (tertiary/aromatic N) is 3. The van der Waals surface area contributed by atoms with Crippen molar-refractivity contribution in [1.29, 1.82) is 0 Å². The number of aromatic nitrogens is 3. The van der Waals surface area contributed by atoms with E-state index in [9.17, 15) is 0 Å². The van der Waals surface area contributed by atoms with Crippen molar-refractivity contribution in [3.8, 4) is 11.5 Å². The summed E-state index contributed by atoms with van der Waals surface area (Å²) < 4.78 is 10.4. The topological polar surface area (TPSA) is 91.0 Å². The molecule has 0 spiro atoms. The van der Waals surface area contributed by atoms with Gasteiger partial charge in [0.1, 0.15) is 5.52 Å². The molecule has 3 rings (SSSR count). The number of hydrogen-bond acceptors (Lipinski definition) is 6. The quantitative estimate of drug-likeness (QED) is 0.713. The highest BCUT2D eigenvalue weighted by atomic mass is 35.5. The number of anilines is 1. The average molecular weight is 251 g/mol. The van der Waals surface area contributed by atoms with Gasteiger partial charge in [-0.1, -0.05) is 11.6 Å². The lowest BCUT2D eigenvalue weighted by molar-refractivity contribution is 0.568. The van der Waals surface area contributed by atoms with Gasteiger partial charge in [-0.2, -0.15) is 4.98 Å². The summed E-state index contributed by atoms with van der Waals surface area (Å²) in [7, 11) is 0. The summed E-state index contributed by atoms with van der Waals surface area (Å²) in [5.41, 5.74) is 8.01. The molecule has 3 aromatic rings. The second kappa shape index (κ2) is 3.46. The van der Waals surface area contributed by atoms with E-state index >= 15 is 0 Å². The van der Waals surface area contributed by atoms with Crippen LogP contribution in [-0.4, -0.2) is 15.2 Å². The van der Waals surface area contributed by atoms with Gasteiger partial charge < -0.3 is 14.6 Å². The molecule has 0 aliphatic rings. The molecule has 2 heterocycles. The van der Waals surface area contributed by atoms with Crippen LogP contribution in [0.25, 0.3) is 22.6 Å². The zero-order valence-electron chi connectivity index (χ0n) is 8.77. The van der Waals surface area contributed by atoms with Gasteiger partial charge in [0, 0.05) is 11.1 Å². The molecule has 0 fully saturated rings. The molecule has 0 saturated carbocycles. The molecule has 7 heteroatoms. The van der Waals surface area contributed by atoms with Gasteiger partial charge in [-0.25, -0.2) is 0 Å². The van der Waals surface area contributed by atoms with Gasteiger partial charge in [-0.05, 0) is 12.5 Å². The van der Waals surface area contributed by atoms with E-state index in [0.717, 1.165) is 5.56 Å². The number of hydrogen-bond donors (Lipinski definition) is 1. The lowest BCUT2D eigenvalue weighted by Gasteiger charge is -2.03. The van der Waals surface area contributed by atoms with E-state index in [1.807, 2.05) is 6.92 Å². The zero-order chi connectivity index (χ0) is 12.0. The number of benzene rings is 1. The van der Waals surface area contributed by atoms with Crippen LogP contribution >= 0.6 is 11.6 Å². The molecule has 0 saturated heterocycles. The molecule has 0 unspecified atom stereocenters. The standard InChI is InChI=1S/C10H7ClN4O2/c1-4-5(11)2-6-8(14-10(12)17-6)7(4)9-15-13-3-16-9/h2-3H,1H3,(H2,12,14). The molecule has 0 bridgehead atoms. The van der Waals surface area contributed by atoms with Gasteiger partial charge >= 0.3 is 0 Å². The summed E-state index contributed by atoms with van der Waals surface area (Å²) in [5.74, 6) is 0.336. The van der Waals surface area contributed by atoms with Crippen molar-refractivity contribution in [3.05, 3.63) is 23.0 Å². The van der Waals surface area contributed by atoms with Crippen molar-refractivity contribution in [3.63, 3.8) is 0 Å². The third-order valence-electron chi connectivity index (χ3n) is 2.47. The molecule has 2 aromatic heterocycles. The molecule has 0 atom stereocenters. The van der Waals surface area contributed by atoms with E-state index in [4.69, 9.17) is 26.2 Å². The molecular formula is C10H7ClN4O2. The van der Waals surface area contributed by atoms with Crippen LogP contribution in [-0.2, 0) is 0 Å². The molecule has 0 aliphatic heterocycles. The van der Waals surface area contributed by atoms with Gasteiger partial charge in [0.25, 0.3) is 6.01 Å². The minimum absolute atomic E-state index is 0.0717. The van der Waals surface area contributed by atoms with Crippen molar-refractivity contribution in [2.24, 2.45) is 0 Å². The van der Waals surface area contributed by atoms with Crippen LogP contribution in [0.4, 0.5) is 6.01 Å². The maximum atomic E-state index is 6.10. The fourth-order valence-corrected chi connectivity index (χ4v) is 1.88. The Morgan fingerprint density at radius 1 is 1.41 bits per heavy atom. The van der Waals surface area contributed by atoms with Crippen LogP contribution in [0, 0.1) is 6.92 Å². The molecule has 1 aromatic carbocycles. The summed E-state index contributed by atoms with van der Waals surface area (Å²) in [5, 5.41) is 8.01. The lowest BCUT2D eigenvalue weighted by Crippen LogP contribution is -1.88. The molecule has 86 valence electrons. The molecule has 0 radical (unpaired) electrons.